The van der Waals surface area contributed by atoms with Crippen molar-refractivity contribution in [1.29, 1.82) is 0 Å². The van der Waals surface area contributed by atoms with Crippen LogP contribution in [0.3, 0.4) is 0 Å². The molecule has 35 heavy (non-hydrogen) atoms. The molecule has 1 amide bonds. The topological polar surface area (TPSA) is 86.3 Å². The molecule has 0 aliphatic carbocycles. The number of ether oxygens (including phenoxy) is 4. The molecule has 1 fully saturated rings. The largest absolute Gasteiger partial charge is 0.497 e. The SMILES string of the molecule is CCOc1cccc(OCC(=O)N2CCN(c3ccc(-c4cc(OC)ccc4OC)nn3)CC2)c1. The molecule has 9 nitrogen and oxygen atoms in total. The van der Waals surface area contributed by atoms with Crippen molar-refractivity contribution in [1.82, 2.24) is 15.1 Å². The summed E-state index contributed by atoms with van der Waals surface area (Å²) in [7, 11) is 3.24. The molecule has 0 radical (unpaired) electrons. The van der Waals surface area contributed by atoms with Gasteiger partial charge in [0.15, 0.2) is 12.4 Å². The van der Waals surface area contributed by atoms with Crippen molar-refractivity contribution >= 4 is 11.7 Å². The molecule has 1 aliphatic heterocycles. The molecule has 184 valence electrons. The maximum atomic E-state index is 12.6. The van der Waals surface area contributed by atoms with Gasteiger partial charge in [-0.25, -0.2) is 0 Å². The maximum Gasteiger partial charge on any atom is 0.260 e. The third-order valence-electron chi connectivity index (χ3n) is 5.77. The molecular weight excluding hydrogens is 448 g/mol. The fraction of sp³-hybridized carbons (Fsp3) is 0.346. The maximum absolute atomic E-state index is 12.6. The fourth-order valence-electron chi connectivity index (χ4n) is 3.89. The predicted octanol–water partition coefficient (Wildman–Crippen LogP) is 3.29. The Labute approximate surface area is 205 Å². The molecule has 0 N–H and O–H groups in total. The van der Waals surface area contributed by atoms with E-state index in [1.165, 1.54) is 0 Å². The second-order valence-corrected chi connectivity index (χ2v) is 7.91. The van der Waals surface area contributed by atoms with Crippen LogP contribution < -0.4 is 23.8 Å². The molecule has 0 bridgehead atoms. The van der Waals surface area contributed by atoms with Crippen LogP contribution in [-0.2, 0) is 4.79 Å². The van der Waals surface area contributed by atoms with Gasteiger partial charge in [0, 0.05) is 37.8 Å². The van der Waals surface area contributed by atoms with E-state index in [9.17, 15) is 4.79 Å². The van der Waals surface area contributed by atoms with Crippen molar-refractivity contribution in [3.05, 3.63) is 54.6 Å². The molecule has 0 unspecified atom stereocenters. The van der Waals surface area contributed by atoms with Gasteiger partial charge in [-0.05, 0) is 49.4 Å². The van der Waals surface area contributed by atoms with Crippen LogP contribution in [0, 0.1) is 0 Å². The summed E-state index contributed by atoms with van der Waals surface area (Å²) in [6, 6.07) is 16.7. The normalized spacial score (nSPS) is 13.3. The molecule has 2 aromatic carbocycles. The lowest BCUT2D eigenvalue weighted by molar-refractivity contribution is -0.133. The molecule has 1 saturated heterocycles. The first-order valence-corrected chi connectivity index (χ1v) is 11.6. The molecule has 0 spiro atoms. The Morgan fingerprint density at radius 3 is 2.29 bits per heavy atom. The van der Waals surface area contributed by atoms with Gasteiger partial charge < -0.3 is 28.7 Å². The summed E-state index contributed by atoms with van der Waals surface area (Å²) >= 11 is 0. The molecule has 1 aromatic heterocycles. The minimum absolute atomic E-state index is 0.00749. The summed E-state index contributed by atoms with van der Waals surface area (Å²) in [6.07, 6.45) is 0. The number of nitrogens with zero attached hydrogens (tertiary/aromatic N) is 4. The van der Waals surface area contributed by atoms with Gasteiger partial charge in [0.05, 0.1) is 26.5 Å². The lowest BCUT2D eigenvalue weighted by Gasteiger charge is -2.35. The summed E-state index contributed by atoms with van der Waals surface area (Å²) in [5.74, 6) is 3.49. The van der Waals surface area contributed by atoms with Gasteiger partial charge >= 0.3 is 0 Å². The van der Waals surface area contributed by atoms with E-state index in [2.05, 4.69) is 15.1 Å². The van der Waals surface area contributed by atoms with E-state index in [1.807, 2.05) is 60.4 Å². The standard InChI is InChI=1S/C26H30N4O5/c1-4-34-20-6-5-7-21(16-20)35-18-26(31)30-14-12-29(13-15-30)25-11-9-23(27-28-25)22-17-19(32-2)8-10-24(22)33-3/h5-11,16-17H,4,12-15,18H2,1-3H3. The number of carbonyl (C=O) groups excluding carboxylic acids is 1. The van der Waals surface area contributed by atoms with E-state index in [4.69, 9.17) is 18.9 Å². The molecule has 0 atom stereocenters. The Bertz CT molecular complexity index is 1130. The quantitative estimate of drug-likeness (QED) is 0.463. The summed E-state index contributed by atoms with van der Waals surface area (Å²) in [4.78, 5) is 16.6. The number of methoxy groups -OCH3 is 2. The number of carbonyl (C=O) groups is 1. The molecule has 0 saturated carbocycles. The van der Waals surface area contributed by atoms with Crippen LogP contribution in [0.4, 0.5) is 5.82 Å². The van der Waals surface area contributed by atoms with Crippen molar-refractivity contribution in [3.8, 4) is 34.3 Å². The zero-order chi connectivity index (χ0) is 24.6. The smallest absolute Gasteiger partial charge is 0.260 e. The summed E-state index contributed by atoms with van der Waals surface area (Å²) in [6.45, 7) is 5.02. The number of amides is 1. The molecule has 2 heterocycles. The van der Waals surface area contributed by atoms with Crippen LogP contribution in [0.1, 0.15) is 6.92 Å². The summed E-state index contributed by atoms with van der Waals surface area (Å²) in [5.41, 5.74) is 1.51. The van der Waals surface area contributed by atoms with Crippen LogP contribution in [0.25, 0.3) is 11.3 Å². The van der Waals surface area contributed by atoms with Crippen LogP contribution in [-0.4, -0.2) is 74.6 Å². The van der Waals surface area contributed by atoms with Crippen molar-refractivity contribution < 1.29 is 23.7 Å². The third kappa shape index (κ3) is 5.92. The van der Waals surface area contributed by atoms with Crippen LogP contribution >= 0.6 is 0 Å². The minimum Gasteiger partial charge on any atom is -0.497 e. The van der Waals surface area contributed by atoms with Gasteiger partial charge in [0.1, 0.15) is 23.0 Å². The number of benzene rings is 2. The Hall–Kier alpha value is -4.01. The number of hydrogen-bond acceptors (Lipinski definition) is 8. The van der Waals surface area contributed by atoms with Crippen molar-refractivity contribution in [3.63, 3.8) is 0 Å². The monoisotopic (exact) mass is 478 g/mol. The fourth-order valence-corrected chi connectivity index (χ4v) is 3.89. The first kappa shape index (κ1) is 24.1. The van der Waals surface area contributed by atoms with E-state index in [0.29, 0.717) is 50.0 Å². The number of aromatic nitrogens is 2. The lowest BCUT2D eigenvalue weighted by atomic mass is 10.1. The van der Waals surface area contributed by atoms with E-state index in [1.54, 1.807) is 20.3 Å². The molecule has 4 rings (SSSR count). The second-order valence-electron chi connectivity index (χ2n) is 7.91. The van der Waals surface area contributed by atoms with Gasteiger partial charge in [-0.1, -0.05) is 6.07 Å². The van der Waals surface area contributed by atoms with Crippen molar-refractivity contribution in [2.75, 3.05) is 58.5 Å². The highest BCUT2D eigenvalue weighted by Gasteiger charge is 2.23. The molecule has 9 heteroatoms. The van der Waals surface area contributed by atoms with Crippen molar-refractivity contribution in [2.45, 2.75) is 6.92 Å². The Morgan fingerprint density at radius 2 is 1.63 bits per heavy atom. The lowest BCUT2D eigenvalue weighted by Crippen LogP contribution is -2.50. The van der Waals surface area contributed by atoms with Crippen LogP contribution in [0.15, 0.2) is 54.6 Å². The molecule has 1 aliphatic rings. The number of piperazine rings is 1. The zero-order valence-electron chi connectivity index (χ0n) is 20.3. The minimum atomic E-state index is -0.0435. The first-order chi connectivity index (χ1) is 17.1. The average Bonchev–Trinajstić information content (AvgIpc) is 2.92. The van der Waals surface area contributed by atoms with Gasteiger partial charge in [-0.2, -0.15) is 0 Å². The van der Waals surface area contributed by atoms with Gasteiger partial charge in [-0.3, -0.25) is 4.79 Å². The Kier molecular flexibility index (Phi) is 7.87. The van der Waals surface area contributed by atoms with Gasteiger partial charge in [-0.15, -0.1) is 10.2 Å². The summed E-state index contributed by atoms with van der Waals surface area (Å²) in [5, 5.41) is 8.83. The third-order valence-corrected chi connectivity index (χ3v) is 5.77. The predicted molar refractivity (Wildman–Crippen MR) is 132 cm³/mol. The molecular formula is C26H30N4O5. The Balaban J connectivity index is 1.32. The zero-order valence-corrected chi connectivity index (χ0v) is 20.3. The van der Waals surface area contributed by atoms with Crippen LogP contribution in [0.2, 0.25) is 0 Å². The van der Waals surface area contributed by atoms with Gasteiger partial charge in [0.2, 0.25) is 0 Å². The number of anilines is 1. The van der Waals surface area contributed by atoms with Crippen molar-refractivity contribution in [2.24, 2.45) is 0 Å². The molecule has 3 aromatic rings. The number of hydrogen-bond donors (Lipinski definition) is 0. The van der Waals surface area contributed by atoms with E-state index >= 15 is 0 Å². The van der Waals surface area contributed by atoms with E-state index in [-0.39, 0.29) is 12.5 Å². The Morgan fingerprint density at radius 1 is 0.857 bits per heavy atom. The average molecular weight is 479 g/mol. The highest BCUT2D eigenvalue weighted by Crippen LogP contribution is 2.32. The highest BCUT2D eigenvalue weighted by molar-refractivity contribution is 5.78. The first-order valence-electron chi connectivity index (χ1n) is 11.6. The van der Waals surface area contributed by atoms with E-state index < -0.39 is 0 Å². The highest BCUT2D eigenvalue weighted by atomic mass is 16.5. The summed E-state index contributed by atoms with van der Waals surface area (Å²) < 4.78 is 21.9. The second kappa shape index (κ2) is 11.4. The van der Waals surface area contributed by atoms with E-state index in [0.717, 1.165) is 22.9 Å². The van der Waals surface area contributed by atoms with Crippen LogP contribution in [0.5, 0.6) is 23.0 Å². The van der Waals surface area contributed by atoms with Gasteiger partial charge in [0.25, 0.3) is 5.91 Å². The number of rotatable bonds is 9.